The molecule has 0 spiro atoms. The largest absolute Gasteiger partial charge is 0.446 e. The van der Waals surface area contributed by atoms with Gasteiger partial charge in [-0.3, -0.25) is 9.88 Å². The van der Waals surface area contributed by atoms with Gasteiger partial charge in [-0.15, -0.1) is 0 Å². The fourth-order valence-electron chi connectivity index (χ4n) is 4.66. The molecule has 4 aromatic rings. The van der Waals surface area contributed by atoms with Crippen LogP contribution < -0.4 is 10.2 Å². The lowest BCUT2D eigenvalue weighted by Gasteiger charge is -2.26. The molecule has 1 aliphatic heterocycles. The number of nitrogens with one attached hydrogen (secondary N) is 1. The second kappa shape index (κ2) is 11.5. The van der Waals surface area contributed by atoms with Gasteiger partial charge in [0.2, 0.25) is 0 Å². The van der Waals surface area contributed by atoms with Gasteiger partial charge in [0.25, 0.3) is 0 Å². The zero-order valence-electron chi connectivity index (χ0n) is 22.4. The van der Waals surface area contributed by atoms with Crippen molar-refractivity contribution in [1.82, 2.24) is 19.5 Å². The zero-order valence-corrected chi connectivity index (χ0v) is 22.4. The van der Waals surface area contributed by atoms with Crippen molar-refractivity contribution in [2.45, 2.75) is 51.0 Å². The fraction of sp³-hybridized carbons (Fsp3) is 0.357. The Morgan fingerprint density at radius 2 is 2.00 bits per heavy atom. The first-order chi connectivity index (χ1) is 19.2. The summed E-state index contributed by atoms with van der Waals surface area (Å²) in [4.78, 5) is 27.6. The van der Waals surface area contributed by atoms with Gasteiger partial charge in [0.15, 0.2) is 22.8 Å². The molecule has 3 heterocycles. The summed E-state index contributed by atoms with van der Waals surface area (Å²) in [6, 6.07) is 15.3. The number of imidazole rings is 1. The zero-order chi connectivity index (χ0) is 28.3. The van der Waals surface area contributed by atoms with E-state index < -0.39 is 30.3 Å². The quantitative estimate of drug-likeness (QED) is 0.294. The molecule has 1 aliphatic rings. The molecule has 2 aromatic carbocycles. The Morgan fingerprint density at radius 1 is 1.20 bits per heavy atom. The topological polar surface area (TPSA) is 124 Å². The standard InChI is InChI=1S/C28H31FN6O5/c1-28(2,37)40-21-13-23(39-22(21)15-38-27(36)33-20-10-5-4-6-11-20)35-17-32-24-25(30-16-31-26(24)35)34(3)14-18-8-7-9-19(29)12-18/h4-12,16-17,21-23,37H,13-15H2,1-3H3,(H,33,36)/t21-,22+,23+/m0/s1. The maximum absolute atomic E-state index is 13.7. The number of nitrogens with zero attached hydrogens (tertiary/aromatic N) is 5. The number of fused-ring (bicyclic) bond motifs is 1. The Labute approximate surface area is 230 Å². The Kier molecular flexibility index (Phi) is 7.92. The number of ether oxygens (including phenoxy) is 3. The number of amides is 1. The molecule has 5 rings (SSSR count). The molecule has 210 valence electrons. The summed E-state index contributed by atoms with van der Waals surface area (Å²) >= 11 is 0. The van der Waals surface area contributed by atoms with Gasteiger partial charge in [-0.05, 0) is 43.7 Å². The molecule has 2 aromatic heterocycles. The number of benzene rings is 2. The third-order valence-corrected chi connectivity index (χ3v) is 6.34. The van der Waals surface area contributed by atoms with Gasteiger partial charge in [-0.25, -0.2) is 24.1 Å². The molecule has 11 nitrogen and oxygen atoms in total. The lowest BCUT2D eigenvalue weighted by atomic mass is 10.1. The maximum atomic E-state index is 13.7. The lowest BCUT2D eigenvalue weighted by molar-refractivity contribution is -0.216. The first-order valence-electron chi connectivity index (χ1n) is 12.8. The van der Waals surface area contributed by atoms with Gasteiger partial charge >= 0.3 is 6.09 Å². The summed E-state index contributed by atoms with van der Waals surface area (Å²) in [6.07, 6.45) is 0.965. The average molecular weight is 551 g/mol. The van der Waals surface area contributed by atoms with Crippen molar-refractivity contribution in [3.8, 4) is 0 Å². The van der Waals surface area contributed by atoms with Crippen molar-refractivity contribution in [2.24, 2.45) is 0 Å². The van der Waals surface area contributed by atoms with Gasteiger partial charge in [0.1, 0.15) is 31.1 Å². The Morgan fingerprint density at radius 3 is 2.75 bits per heavy atom. The highest BCUT2D eigenvalue weighted by atomic mass is 19.1. The normalized spacial score (nSPS) is 19.1. The molecule has 0 unspecified atom stereocenters. The number of halogens is 1. The van der Waals surface area contributed by atoms with Crippen LogP contribution in [0.25, 0.3) is 11.2 Å². The smallest absolute Gasteiger partial charge is 0.411 e. The van der Waals surface area contributed by atoms with E-state index in [1.54, 1.807) is 41.2 Å². The number of carbonyl (C=O) groups excluding carboxylic acids is 1. The van der Waals surface area contributed by atoms with E-state index in [0.29, 0.717) is 35.6 Å². The molecule has 12 heteroatoms. The Balaban J connectivity index is 1.32. The maximum Gasteiger partial charge on any atom is 0.411 e. The van der Waals surface area contributed by atoms with Crippen LogP contribution in [-0.4, -0.2) is 62.4 Å². The van der Waals surface area contributed by atoms with Crippen LogP contribution in [0.1, 0.15) is 32.1 Å². The van der Waals surface area contributed by atoms with Gasteiger partial charge in [-0.2, -0.15) is 0 Å². The molecule has 1 fully saturated rings. The molecule has 0 saturated carbocycles. The van der Waals surface area contributed by atoms with E-state index in [-0.39, 0.29) is 12.4 Å². The van der Waals surface area contributed by atoms with Crippen LogP contribution in [0.15, 0.2) is 67.3 Å². The number of anilines is 2. The SMILES string of the molecule is CN(Cc1cccc(F)c1)c1ncnc2c1ncn2[C@H]1C[C@H](OC(C)(C)O)[C@@H](COC(=O)Nc2ccccc2)O1. The third-order valence-electron chi connectivity index (χ3n) is 6.34. The van der Waals surface area contributed by atoms with Crippen LogP contribution in [-0.2, 0) is 20.8 Å². The van der Waals surface area contributed by atoms with Crippen LogP contribution in [0.2, 0.25) is 0 Å². The molecular weight excluding hydrogens is 519 g/mol. The molecule has 0 bridgehead atoms. The number of para-hydroxylation sites is 1. The Hall–Kier alpha value is -4.13. The molecule has 3 atom stereocenters. The monoisotopic (exact) mass is 550 g/mol. The predicted octanol–water partition coefficient (Wildman–Crippen LogP) is 4.25. The third kappa shape index (κ3) is 6.53. The molecule has 1 amide bonds. The van der Waals surface area contributed by atoms with Gasteiger partial charge in [0, 0.05) is 25.7 Å². The first kappa shape index (κ1) is 27.4. The van der Waals surface area contributed by atoms with E-state index in [2.05, 4.69) is 20.3 Å². The van der Waals surface area contributed by atoms with Crippen LogP contribution >= 0.6 is 0 Å². The van der Waals surface area contributed by atoms with Gasteiger partial charge in [-0.1, -0.05) is 30.3 Å². The molecular formula is C28H31FN6O5. The highest BCUT2D eigenvalue weighted by molar-refractivity contribution is 5.84. The molecule has 0 radical (unpaired) electrons. The molecule has 2 N–H and O–H groups in total. The van der Waals surface area contributed by atoms with E-state index in [1.807, 2.05) is 24.1 Å². The van der Waals surface area contributed by atoms with Crippen LogP contribution in [0, 0.1) is 5.82 Å². The number of aromatic nitrogens is 4. The summed E-state index contributed by atoms with van der Waals surface area (Å²) in [5.74, 6) is -1.16. The van der Waals surface area contributed by atoms with Crippen LogP contribution in [0.4, 0.5) is 20.7 Å². The van der Waals surface area contributed by atoms with Crippen molar-refractivity contribution in [3.05, 3.63) is 78.6 Å². The second-order valence-electron chi connectivity index (χ2n) is 10.1. The second-order valence-corrected chi connectivity index (χ2v) is 10.1. The lowest BCUT2D eigenvalue weighted by Crippen LogP contribution is -2.37. The highest BCUT2D eigenvalue weighted by Crippen LogP contribution is 2.35. The van der Waals surface area contributed by atoms with E-state index in [9.17, 15) is 14.3 Å². The first-order valence-corrected chi connectivity index (χ1v) is 12.8. The minimum absolute atomic E-state index is 0.0981. The van der Waals surface area contributed by atoms with Crippen molar-refractivity contribution >= 4 is 28.8 Å². The van der Waals surface area contributed by atoms with Crippen molar-refractivity contribution in [2.75, 3.05) is 23.9 Å². The molecule has 40 heavy (non-hydrogen) atoms. The number of carbonyl (C=O) groups is 1. The van der Waals surface area contributed by atoms with Gasteiger partial charge < -0.3 is 24.2 Å². The van der Waals surface area contributed by atoms with E-state index >= 15 is 0 Å². The highest BCUT2D eigenvalue weighted by Gasteiger charge is 2.41. The van der Waals surface area contributed by atoms with Crippen LogP contribution in [0.3, 0.4) is 0 Å². The number of hydrogen-bond donors (Lipinski definition) is 2. The van der Waals surface area contributed by atoms with Crippen molar-refractivity contribution in [3.63, 3.8) is 0 Å². The predicted molar refractivity (Wildman–Crippen MR) is 145 cm³/mol. The van der Waals surface area contributed by atoms with Crippen molar-refractivity contribution < 1.29 is 28.5 Å². The van der Waals surface area contributed by atoms with Gasteiger partial charge in [0.05, 0.1) is 12.4 Å². The summed E-state index contributed by atoms with van der Waals surface area (Å²) in [6.45, 7) is 3.38. The minimum atomic E-state index is -1.43. The number of hydrogen-bond acceptors (Lipinski definition) is 9. The summed E-state index contributed by atoms with van der Waals surface area (Å²) in [5, 5.41) is 13.0. The summed E-state index contributed by atoms with van der Waals surface area (Å²) in [5.41, 5.74) is 2.47. The molecule has 0 aliphatic carbocycles. The number of aliphatic hydroxyl groups is 1. The Bertz CT molecular complexity index is 1460. The molecule has 1 saturated heterocycles. The average Bonchev–Trinajstić information content (AvgIpc) is 3.51. The van der Waals surface area contributed by atoms with E-state index in [4.69, 9.17) is 14.2 Å². The van der Waals surface area contributed by atoms with Crippen LogP contribution in [0.5, 0.6) is 0 Å². The number of rotatable bonds is 9. The fourth-order valence-corrected chi connectivity index (χ4v) is 4.66. The van der Waals surface area contributed by atoms with Crippen molar-refractivity contribution in [1.29, 1.82) is 0 Å². The summed E-state index contributed by atoms with van der Waals surface area (Å²) < 4.78 is 33.0. The minimum Gasteiger partial charge on any atom is -0.446 e. The van der Waals surface area contributed by atoms with E-state index in [0.717, 1.165) is 5.56 Å². The summed E-state index contributed by atoms with van der Waals surface area (Å²) in [7, 11) is 1.85. The van der Waals surface area contributed by atoms with E-state index in [1.165, 1.54) is 32.3 Å².